The number of carbonyl (C=O) groups excluding carboxylic acids is 1. The number of rotatable bonds is 2. The third-order valence-corrected chi connectivity index (χ3v) is 3.47. The van der Waals surface area contributed by atoms with Gasteiger partial charge in [0.15, 0.2) is 0 Å². The first-order valence-corrected chi connectivity index (χ1v) is 6.91. The fraction of sp³-hybridized carbons (Fsp3) is 0. The van der Waals surface area contributed by atoms with Crippen LogP contribution in [0.4, 0.5) is 5.82 Å². The highest BCUT2D eigenvalue weighted by molar-refractivity contribution is 9.10. The summed E-state index contributed by atoms with van der Waals surface area (Å²) in [5, 5.41) is 3.27. The lowest BCUT2D eigenvalue weighted by molar-refractivity contribution is 0.102. The Morgan fingerprint density at radius 3 is 2.67 bits per heavy atom. The molecule has 0 aliphatic rings. The van der Waals surface area contributed by atoms with Gasteiger partial charge in [-0.2, -0.15) is 0 Å². The van der Waals surface area contributed by atoms with Gasteiger partial charge in [-0.1, -0.05) is 17.7 Å². The second-order valence-electron chi connectivity index (χ2n) is 3.42. The lowest BCUT2D eigenvalue weighted by Crippen LogP contribution is -2.13. The lowest BCUT2D eigenvalue weighted by Gasteiger charge is -2.06. The van der Waals surface area contributed by atoms with E-state index in [1.165, 1.54) is 0 Å². The monoisotopic (exact) mass is 388 g/mol. The van der Waals surface area contributed by atoms with Gasteiger partial charge in [-0.05, 0) is 62.2 Å². The molecule has 0 unspecified atom stereocenters. The minimum absolute atomic E-state index is 0.246. The van der Waals surface area contributed by atoms with Crippen molar-refractivity contribution in [3.8, 4) is 0 Å². The van der Waals surface area contributed by atoms with Crippen molar-refractivity contribution < 1.29 is 4.79 Å². The van der Waals surface area contributed by atoms with Crippen molar-refractivity contribution >= 4 is 55.2 Å². The minimum Gasteiger partial charge on any atom is -0.306 e. The number of aromatic nitrogens is 1. The molecule has 3 nitrogen and oxygen atoms in total. The molecule has 0 aliphatic carbocycles. The molecule has 18 heavy (non-hydrogen) atoms. The SMILES string of the molecule is O=C(Nc1cccc(Br)n1)c1ccc(Cl)cc1Br. The van der Waals surface area contributed by atoms with Crippen LogP contribution in [-0.4, -0.2) is 10.9 Å². The summed E-state index contributed by atoms with van der Waals surface area (Å²) in [6, 6.07) is 10.3. The third kappa shape index (κ3) is 3.31. The predicted octanol–water partition coefficient (Wildman–Crippen LogP) is 4.51. The van der Waals surface area contributed by atoms with Crippen LogP contribution in [0.2, 0.25) is 5.02 Å². The zero-order valence-electron chi connectivity index (χ0n) is 8.95. The van der Waals surface area contributed by atoms with E-state index in [-0.39, 0.29) is 5.91 Å². The Labute approximate surface area is 126 Å². The number of carbonyl (C=O) groups is 1. The summed E-state index contributed by atoms with van der Waals surface area (Å²) in [7, 11) is 0. The van der Waals surface area contributed by atoms with Gasteiger partial charge in [0.2, 0.25) is 0 Å². The van der Waals surface area contributed by atoms with Gasteiger partial charge in [0.05, 0.1) is 5.56 Å². The second-order valence-corrected chi connectivity index (χ2v) is 5.53. The maximum Gasteiger partial charge on any atom is 0.257 e. The molecule has 2 aromatic rings. The fourth-order valence-corrected chi connectivity index (χ4v) is 2.54. The van der Waals surface area contributed by atoms with Crippen LogP contribution >= 0.6 is 43.5 Å². The van der Waals surface area contributed by atoms with E-state index in [2.05, 4.69) is 42.2 Å². The molecule has 1 amide bonds. The molecule has 1 aromatic carbocycles. The second kappa shape index (κ2) is 5.82. The molecule has 0 saturated carbocycles. The summed E-state index contributed by atoms with van der Waals surface area (Å²) < 4.78 is 1.30. The molecule has 0 bridgehead atoms. The average molecular weight is 390 g/mol. The molecule has 1 N–H and O–H groups in total. The summed E-state index contributed by atoms with van der Waals surface area (Å²) in [4.78, 5) is 16.1. The van der Waals surface area contributed by atoms with Crippen molar-refractivity contribution in [2.75, 3.05) is 5.32 Å². The van der Waals surface area contributed by atoms with Crippen molar-refractivity contribution in [1.82, 2.24) is 4.98 Å². The molecule has 6 heteroatoms. The first-order chi connectivity index (χ1) is 8.56. The van der Waals surface area contributed by atoms with Crippen LogP contribution in [0.15, 0.2) is 45.5 Å². The smallest absolute Gasteiger partial charge is 0.257 e. The number of anilines is 1. The first kappa shape index (κ1) is 13.5. The van der Waals surface area contributed by atoms with Gasteiger partial charge in [0.1, 0.15) is 10.4 Å². The van der Waals surface area contributed by atoms with E-state index in [9.17, 15) is 4.79 Å². The summed E-state index contributed by atoms with van der Waals surface area (Å²) in [6.07, 6.45) is 0. The van der Waals surface area contributed by atoms with Gasteiger partial charge >= 0.3 is 0 Å². The standard InChI is InChI=1S/C12H7Br2ClN2O/c13-9-6-7(15)4-5-8(9)12(18)17-11-3-1-2-10(14)16-11/h1-6H,(H,16,17,18). The number of pyridine rings is 1. The van der Waals surface area contributed by atoms with Crippen molar-refractivity contribution in [3.05, 3.63) is 56.1 Å². The van der Waals surface area contributed by atoms with Crippen molar-refractivity contribution in [2.24, 2.45) is 0 Å². The Morgan fingerprint density at radius 2 is 2.00 bits per heavy atom. The molecule has 0 aliphatic heterocycles. The number of nitrogens with one attached hydrogen (secondary N) is 1. The van der Waals surface area contributed by atoms with Crippen LogP contribution in [-0.2, 0) is 0 Å². The molecule has 0 radical (unpaired) electrons. The molecule has 0 spiro atoms. The minimum atomic E-state index is -0.246. The van der Waals surface area contributed by atoms with E-state index >= 15 is 0 Å². The number of nitrogens with zero attached hydrogens (tertiary/aromatic N) is 1. The Balaban J connectivity index is 2.22. The molecule has 1 aromatic heterocycles. The topological polar surface area (TPSA) is 42.0 Å². The molecule has 92 valence electrons. The van der Waals surface area contributed by atoms with E-state index < -0.39 is 0 Å². The Kier molecular flexibility index (Phi) is 4.37. The average Bonchev–Trinajstić information content (AvgIpc) is 2.28. The van der Waals surface area contributed by atoms with Gasteiger partial charge in [-0.15, -0.1) is 0 Å². The maximum absolute atomic E-state index is 12.0. The number of hydrogen-bond acceptors (Lipinski definition) is 2. The van der Waals surface area contributed by atoms with Crippen molar-refractivity contribution in [2.45, 2.75) is 0 Å². The molecule has 0 saturated heterocycles. The largest absolute Gasteiger partial charge is 0.306 e. The van der Waals surface area contributed by atoms with Crippen molar-refractivity contribution in [1.29, 1.82) is 0 Å². The number of amides is 1. The van der Waals surface area contributed by atoms with Gasteiger partial charge in [0, 0.05) is 9.50 Å². The van der Waals surface area contributed by atoms with Gasteiger partial charge in [-0.25, -0.2) is 4.98 Å². The van der Waals surface area contributed by atoms with Crippen LogP contribution < -0.4 is 5.32 Å². The normalized spacial score (nSPS) is 10.2. The Bertz CT molecular complexity index is 604. The van der Waals surface area contributed by atoms with Crippen LogP contribution in [0.1, 0.15) is 10.4 Å². The highest BCUT2D eigenvalue weighted by Crippen LogP contribution is 2.22. The predicted molar refractivity (Wildman–Crippen MR) is 79.0 cm³/mol. The molecular weight excluding hydrogens is 383 g/mol. The van der Waals surface area contributed by atoms with E-state index in [1.807, 2.05) is 0 Å². The maximum atomic E-state index is 12.0. The van der Waals surface area contributed by atoms with Gasteiger partial charge < -0.3 is 5.32 Å². The first-order valence-electron chi connectivity index (χ1n) is 4.95. The van der Waals surface area contributed by atoms with E-state index in [0.29, 0.717) is 25.5 Å². The molecule has 2 rings (SSSR count). The molecule has 1 heterocycles. The molecule has 0 atom stereocenters. The van der Waals surface area contributed by atoms with E-state index in [0.717, 1.165) is 0 Å². The van der Waals surface area contributed by atoms with Crippen LogP contribution in [0.5, 0.6) is 0 Å². The van der Waals surface area contributed by atoms with Crippen LogP contribution in [0.3, 0.4) is 0 Å². The summed E-state index contributed by atoms with van der Waals surface area (Å²) >= 11 is 12.4. The fourth-order valence-electron chi connectivity index (χ4n) is 1.34. The van der Waals surface area contributed by atoms with Gasteiger partial charge in [0.25, 0.3) is 5.91 Å². The zero-order chi connectivity index (χ0) is 13.1. The highest BCUT2D eigenvalue weighted by atomic mass is 79.9. The third-order valence-electron chi connectivity index (χ3n) is 2.13. The van der Waals surface area contributed by atoms with Crippen LogP contribution in [0.25, 0.3) is 0 Å². The molecule has 0 fully saturated rings. The van der Waals surface area contributed by atoms with Gasteiger partial charge in [-0.3, -0.25) is 4.79 Å². The number of halogens is 3. The molecular formula is C12H7Br2ClN2O. The number of hydrogen-bond donors (Lipinski definition) is 1. The Hall–Kier alpha value is -0.910. The highest BCUT2D eigenvalue weighted by Gasteiger charge is 2.11. The van der Waals surface area contributed by atoms with E-state index in [1.54, 1.807) is 36.4 Å². The zero-order valence-corrected chi connectivity index (χ0v) is 12.9. The summed E-state index contributed by atoms with van der Waals surface area (Å²) in [5.41, 5.74) is 0.501. The van der Waals surface area contributed by atoms with E-state index in [4.69, 9.17) is 11.6 Å². The van der Waals surface area contributed by atoms with Crippen LogP contribution in [0, 0.1) is 0 Å². The summed E-state index contributed by atoms with van der Waals surface area (Å²) in [6.45, 7) is 0. The summed E-state index contributed by atoms with van der Waals surface area (Å²) in [5.74, 6) is 0.236. The lowest BCUT2D eigenvalue weighted by atomic mass is 10.2. The quantitative estimate of drug-likeness (QED) is 0.767. The van der Waals surface area contributed by atoms with Crippen molar-refractivity contribution in [3.63, 3.8) is 0 Å². The number of benzene rings is 1. The Morgan fingerprint density at radius 1 is 1.22 bits per heavy atom.